The molecule has 0 N–H and O–H groups in total. The van der Waals surface area contributed by atoms with Gasteiger partial charge in [0.15, 0.2) is 11.5 Å². The molecule has 27 heavy (non-hydrogen) atoms. The van der Waals surface area contributed by atoms with Crippen LogP contribution in [0, 0.1) is 5.92 Å². The Hall–Kier alpha value is -2.69. The van der Waals surface area contributed by atoms with Gasteiger partial charge in [0.2, 0.25) is 0 Å². The van der Waals surface area contributed by atoms with Crippen molar-refractivity contribution in [2.45, 2.75) is 26.8 Å². The summed E-state index contributed by atoms with van der Waals surface area (Å²) in [5.41, 5.74) is 1.65. The molecule has 0 saturated carbocycles. The molecule has 0 atom stereocenters. The molecule has 2 aromatic rings. The number of fused-ring (bicyclic) bond motifs is 1. The molecule has 0 bridgehead atoms. The number of benzene rings is 2. The molecule has 5 nitrogen and oxygen atoms in total. The lowest BCUT2D eigenvalue weighted by Crippen LogP contribution is -2.26. The van der Waals surface area contributed by atoms with Gasteiger partial charge in [0.25, 0.3) is 5.91 Å². The SMILES string of the molecule is CC(C)CCOc1ccc(C(=O)N(C)Cc2ccc3c(c2)OCCO3)cc1. The average molecular weight is 369 g/mol. The van der Waals surface area contributed by atoms with E-state index in [4.69, 9.17) is 14.2 Å². The molecule has 5 heteroatoms. The molecular formula is C22H27NO4. The van der Waals surface area contributed by atoms with E-state index in [0.29, 0.717) is 37.8 Å². The summed E-state index contributed by atoms with van der Waals surface area (Å²) in [5, 5.41) is 0. The molecule has 0 aliphatic carbocycles. The first kappa shape index (κ1) is 19.1. The van der Waals surface area contributed by atoms with Gasteiger partial charge < -0.3 is 19.1 Å². The quantitative estimate of drug-likeness (QED) is 0.735. The Morgan fingerprint density at radius 1 is 1.07 bits per heavy atom. The third-order valence-corrected chi connectivity index (χ3v) is 4.44. The predicted octanol–water partition coefficient (Wildman–Crippen LogP) is 4.15. The Morgan fingerprint density at radius 2 is 1.78 bits per heavy atom. The highest BCUT2D eigenvalue weighted by Gasteiger charge is 2.15. The van der Waals surface area contributed by atoms with E-state index in [0.717, 1.165) is 29.2 Å². The Kier molecular flexibility index (Phi) is 6.22. The molecule has 3 rings (SSSR count). The highest BCUT2D eigenvalue weighted by Crippen LogP contribution is 2.31. The van der Waals surface area contributed by atoms with Crippen molar-refractivity contribution in [3.63, 3.8) is 0 Å². The molecular weight excluding hydrogens is 342 g/mol. The second-order valence-electron chi connectivity index (χ2n) is 7.19. The molecule has 0 saturated heterocycles. The normalized spacial score (nSPS) is 12.7. The fourth-order valence-corrected chi connectivity index (χ4v) is 2.86. The van der Waals surface area contributed by atoms with Crippen LogP contribution in [0.4, 0.5) is 0 Å². The van der Waals surface area contributed by atoms with Crippen LogP contribution in [0.2, 0.25) is 0 Å². The fraction of sp³-hybridized carbons (Fsp3) is 0.409. The summed E-state index contributed by atoms with van der Waals surface area (Å²) in [6.45, 7) is 6.65. The highest BCUT2D eigenvalue weighted by atomic mass is 16.6. The van der Waals surface area contributed by atoms with Crippen LogP contribution < -0.4 is 14.2 Å². The van der Waals surface area contributed by atoms with E-state index < -0.39 is 0 Å². The van der Waals surface area contributed by atoms with Gasteiger partial charge in [-0.25, -0.2) is 0 Å². The van der Waals surface area contributed by atoms with E-state index in [1.807, 2.05) is 42.5 Å². The van der Waals surface area contributed by atoms with E-state index in [1.165, 1.54) is 0 Å². The molecule has 0 aromatic heterocycles. The highest BCUT2D eigenvalue weighted by molar-refractivity contribution is 5.94. The minimum Gasteiger partial charge on any atom is -0.494 e. The predicted molar refractivity (Wildman–Crippen MR) is 105 cm³/mol. The number of hydrogen-bond acceptors (Lipinski definition) is 4. The van der Waals surface area contributed by atoms with Gasteiger partial charge in [-0.3, -0.25) is 4.79 Å². The summed E-state index contributed by atoms with van der Waals surface area (Å²) in [6, 6.07) is 13.1. The van der Waals surface area contributed by atoms with Gasteiger partial charge in [0.05, 0.1) is 6.61 Å². The summed E-state index contributed by atoms with van der Waals surface area (Å²) in [6.07, 6.45) is 1.01. The molecule has 0 spiro atoms. The summed E-state index contributed by atoms with van der Waals surface area (Å²) < 4.78 is 16.9. The van der Waals surface area contributed by atoms with Crippen LogP contribution >= 0.6 is 0 Å². The van der Waals surface area contributed by atoms with E-state index in [2.05, 4.69) is 13.8 Å². The molecule has 1 aliphatic heterocycles. The standard InChI is InChI=1S/C22H27NO4/c1-16(2)10-11-25-19-7-5-18(6-8-19)22(24)23(3)15-17-4-9-20-21(14-17)27-13-12-26-20/h4-9,14,16H,10-13,15H2,1-3H3. The second kappa shape index (κ2) is 8.80. The zero-order chi connectivity index (χ0) is 19.2. The lowest BCUT2D eigenvalue weighted by molar-refractivity contribution is 0.0784. The number of nitrogens with zero attached hydrogens (tertiary/aromatic N) is 1. The number of rotatable bonds is 7. The number of hydrogen-bond donors (Lipinski definition) is 0. The smallest absolute Gasteiger partial charge is 0.253 e. The molecule has 0 fully saturated rings. The van der Waals surface area contributed by atoms with Gasteiger partial charge in [-0.05, 0) is 54.3 Å². The van der Waals surface area contributed by atoms with Gasteiger partial charge >= 0.3 is 0 Å². The summed E-state index contributed by atoms with van der Waals surface area (Å²) in [7, 11) is 1.80. The molecule has 1 aliphatic rings. The summed E-state index contributed by atoms with van der Waals surface area (Å²) >= 11 is 0. The van der Waals surface area contributed by atoms with Crippen molar-refractivity contribution in [1.29, 1.82) is 0 Å². The maximum Gasteiger partial charge on any atom is 0.253 e. The average Bonchev–Trinajstić information content (AvgIpc) is 2.67. The zero-order valence-corrected chi connectivity index (χ0v) is 16.2. The van der Waals surface area contributed by atoms with Gasteiger partial charge in [-0.2, -0.15) is 0 Å². The van der Waals surface area contributed by atoms with Crippen LogP contribution in [0.25, 0.3) is 0 Å². The van der Waals surface area contributed by atoms with Crippen molar-refractivity contribution < 1.29 is 19.0 Å². The minimum atomic E-state index is -0.0291. The van der Waals surface area contributed by atoms with Crippen molar-refractivity contribution in [3.8, 4) is 17.2 Å². The Bertz CT molecular complexity index is 770. The molecule has 144 valence electrons. The van der Waals surface area contributed by atoms with Crippen LogP contribution in [0.5, 0.6) is 17.2 Å². The van der Waals surface area contributed by atoms with Gasteiger partial charge in [-0.1, -0.05) is 19.9 Å². The van der Waals surface area contributed by atoms with Crippen LogP contribution in [-0.4, -0.2) is 37.7 Å². The molecule has 1 amide bonds. The van der Waals surface area contributed by atoms with E-state index in [-0.39, 0.29) is 5.91 Å². The maximum atomic E-state index is 12.7. The molecule has 1 heterocycles. The van der Waals surface area contributed by atoms with Crippen molar-refractivity contribution >= 4 is 5.91 Å². The van der Waals surface area contributed by atoms with Gasteiger partial charge in [0, 0.05) is 19.2 Å². The van der Waals surface area contributed by atoms with Crippen LogP contribution in [0.1, 0.15) is 36.2 Å². The van der Waals surface area contributed by atoms with Crippen molar-refractivity contribution in [1.82, 2.24) is 4.90 Å². The van der Waals surface area contributed by atoms with E-state index in [1.54, 1.807) is 11.9 Å². The third-order valence-electron chi connectivity index (χ3n) is 4.44. The number of amides is 1. The Morgan fingerprint density at radius 3 is 2.48 bits per heavy atom. The summed E-state index contributed by atoms with van der Waals surface area (Å²) in [4.78, 5) is 14.4. The first-order chi connectivity index (χ1) is 13.0. The fourth-order valence-electron chi connectivity index (χ4n) is 2.86. The molecule has 2 aromatic carbocycles. The first-order valence-electron chi connectivity index (χ1n) is 9.40. The minimum absolute atomic E-state index is 0.0291. The number of ether oxygens (including phenoxy) is 3. The monoisotopic (exact) mass is 369 g/mol. The molecule has 0 radical (unpaired) electrons. The van der Waals surface area contributed by atoms with E-state index in [9.17, 15) is 4.79 Å². The van der Waals surface area contributed by atoms with Crippen molar-refractivity contribution in [2.24, 2.45) is 5.92 Å². The van der Waals surface area contributed by atoms with Crippen LogP contribution in [0.3, 0.4) is 0 Å². The maximum absolute atomic E-state index is 12.7. The third kappa shape index (κ3) is 5.16. The second-order valence-corrected chi connectivity index (χ2v) is 7.19. The Labute approximate surface area is 160 Å². The lowest BCUT2D eigenvalue weighted by atomic mass is 10.1. The lowest BCUT2D eigenvalue weighted by Gasteiger charge is -2.21. The van der Waals surface area contributed by atoms with Crippen molar-refractivity contribution in [2.75, 3.05) is 26.9 Å². The summed E-state index contributed by atoms with van der Waals surface area (Å²) in [5.74, 6) is 2.87. The largest absolute Gasteiger partial charge is 0.494 e. The van der Waals surface area contributed by atoms with Crippen LogP contribution in [0.15, 0.2) is 42.5 Å². The zero-order valence-electron chi connectivity index (χ0n) is 16.2. The topological polar surface area (TPSA) is 48.0 Å². The van der Waals surface area contributed by atoms with Gasteiger partial charge in [0.1, 0.15) is 19.0 Å². The van der Waals surface area contributed by atoms with E-state index >= 15 is 0 Å². The van der Waals surface area contributed by atoms with Crippen LogP contribution in [-0.2, 0) is 6.54 Å². The van der Waals surface area contributed by atoms with Gasteiger partial charge in [-0.15, -0.1) is 0 Å². The first-order valence-corrected chi connectivity index (χ1v) is 9.40. The van der Waals surface area contributed by atoms with Crippen molar-refractivity contribution in [3.05, 3.63) is 53.6 Å². The molecule has 0 unspecified atom stereocenters. The number of carbonyl (C=O) groups is 1. The Balaban J connectivity index is 1.58. The number of carbonyl (C=O) groups excluding carboxylic acids is 1.